The van der Waals surface area contributed by atoms with Crippen LogP contribution >= 0.6 is 0 Å². The fraction of sp³-hybridized carbons (Fsp3) is 0.583. The average molecular weight is 428 g/mol. The second-order valence-electron chi connectivity index (χ2n) is 8.61. The van der Waals surface area contributed by atoms with E-state index in [9.17, 15) is 9.59 Å². The molecule has 2 fully saturated rings. The number of aromatic nitrogens is 1. The molecule has 2 saturated heterocycles. The van der Waals surface area contributed by atoms with Crippen LogP contribution in [0.5, 0.6) is 5.75 Å². The number of esters is 1. The van der Waals surface area contributed by atoms with Crippen LogP contribution in [-0.2, 0) is 14.3 Å². The number of benzene rings is 1. The van der Waals surface area contributed by atoms with Crippen molar-refractivity contribution in [2.75, 3.05) is 46.4 Å². The fourth-order valence-corrected chi connectivity index (χ4v) is 4.90. The summed E-state index contributed by atoms with van der Waals surface area (Å²) < 4.78 is 10.5. The number of ether oxygens (including phenoxy) is 2. The quantitative estimate of drug-likeness (QED) is 0.717. The van der Waals surface area contributed by atoms with Crippen molar-refractivity contribution in [1.29, 1.82) is 0 Å². The largest absolute Gasteiger partial charge is 0.497 e. The summed E-state index contributed by atoms with van der Waals surface area (Å²) in [5, 5.41) is 1.23. The van der Waals surface area contributed by atoms with Gasteiger partial charge in [-0.05, 0) is 75.4 Å². The van der Waals surface area contributed by atoms with E-state index in [4.69, 9.17) is 9.47 Å². The second-order valence-corrected chi connectivity index (χ2v) is 8.61. The summed E-state index contributed by atoms with van der Waals surface area (Å²) in [6.07, 6.45) is 5.63. The highest BCUT2D eigenvalue weighted by atomic mass is 16.5. The molecule has 2 aromatic rings. The van der Waals surface area contributed by atoms with Crippen LogP contribution in [0.2, 0.25) is 0 Å². The number of nitrogens with one attached hydrogen (secondary N) is 1. The van der Waals surface area contributed by atoms with Crippen molar-refractivity contribution in [2.24, 2.45) is 5.92 Å². The molecule has 1 N–H and O–H groups in total. The maximum Gasteiger partial charge on any atom is 0.309 e. The van der Waals surface area contributed by atoms with Crippen LogP contribution in [0, 0.1) is 5.92 Å². The van der Waals surface area contributed by atoms with Crippen LogP contribution in [0.15, 0.2) is 24.4 Å². The molecule has 168 valence electrons. The summed E-state index contributed by atoms with van der Waals surface area (Å²) in [5.41, 5.74) is 2.49. The summed E-state index contributed by atoms with van der Waals surface area (Å²) in [5.74, 6) is 1.37. The minimum Gasteiger partial charge on any atom is -0.497 e. The van der Waals surface area contributed by atoms with Crippen LogP contribution in [0.3, 0.4) is 0 Å². The van der Waals surface area contributed by atoms with Crippen molar-refractivity contribution in [2.45, 2.75) is 38.5 Å². The molecule has 3 heterocycles. The third kappa shape index (κ3) is 4.87. The van der Waals surface area contributed by atoms with Crippen LogP contribution in [0.25, 0.3) is 10.9 Å². The Morgan fingerprint density at radius 2 is 1.84 bits per heavy atom. The average Bonchev–Trinajstić information content (AvgIpc) is 3.23. The molecule has 2 aliphatic rings. The first-order valence-electron chi connectivity index (χ1n) is 11.4. The van der Waals surface area contributed by atoms with E-state index in [-0.39, 0.29) is 17.8 Å². The SMILES string of the molecule is CCOC(=O)C1CCN(C(=O)CN2CCC(c3c[nH]c4ccc(OC)cc34)CC2)CC1. The molecular weight excluding hydrogens is 394 g/mol. The van der Waals surface area contributed by atoms with Crippen LogP contribution in [-0.4, -0.2) is 73.1 Å². The summed E-state index contributed by atoms with van der Waals surface area (Å²) in [6.45, 7) is 5.86. The van der Waals surface area contributed by atoms with E-state index < -0.39 is 0 Å². The second kappa shape index (κ2) is 9.73. The van der Waals surface area contributed by atoms with E-state index in [0.29, 0.717) is 45.0 Å². The topological polar surface area (TPSA) is 74.9 Å². The Balaban J connectivity index is 1.27. The van der Waals surface area contributed by atoms with E-state index in [0.717, 1.165) is 37.2 Å². The Morgan fingerprint density at radius 3 is 2.52 bits per heavy atom. The van der Waals surface area contributed by atoms with E-state index in [2.05, 4.69) is 28.2 Å². The maximum atomic E-state index is 12.8. The molecule has 2 aliphatic heterocycles. The molecule has 0 saturated carbocycles. The fourth-order valence-electron chi connectivity index (χ4n) is 4.90. The third-order valence-electron chi connectivity index (χ3n) is 6.77. The van der Waals surface area contributed by atoms with Gasteiger partial charge < -0.3 is 19.4 Å². The zero-order valence-corrected chi connectivity index (χ0v) is 18.6. The van der Waals surface area contributed by atoms with Gasteiger partial charge in [-0.25, -0.2) is 0 Å². The zero-order valence-electron chi connectivity index (χ0n) is 18.6. The Morgan fingerprint density at radius 1 is 1.10 bits per heavy atom. The number of likely N-dealkylation sites (tertiary alicyclic amines) is 2. The highest BCUT2D eigenvalue weighted by molar-refractivity contribution is 5.85. The van der Waals surface area contributed by atoms with Gasteiger partial charge in [0, 0.05) is 30.2 Å². The number of carbonyl (C=O) groups excluding carboxylic acids is 2. The number of aromatic amines is 1. The van der Waals surface area contributed by atoms with Crippen molar-refractivity contribution in [1.82, 2.24) is 14.8 Å². The number of methoxy groups -OCH3 is 1. The molecule has 0 unspecified atom stereocenters. The predicted octanol–water partition coefficient (Wildman–Crippen LogP) is 3.16. The van der Waals surface area contributed by atoms with E-state index in [1.807, 2.05) is 17.9 Å². The molecule has 1 aromatic carbocycles. The lowest BCUT2D eigenvalue weighted by Crippen LogP contribution is -2.46. The number of rotatable bonds is 6. The number of nitrogens with zero attached hydrogens (tertiary/aromatic N) is 2. The van der Waals surface area contributed by atoms with E-state index >= 15 is 0 Å². The molecule has 4 rings (SSSR count). The first-order valence-corrected chi connectivity index (χ1v) is 11.4. The molecule has 0 radical (unpaired) electrons. The van der Waals surface area contributed by atoms with E-state index in [1.54, 1.807) is 7.11 Å². The molecule has 0 atom stereocenters. The lowest BCUT2D eigenvalue weighted by atomic mass is 9.89. The van der Waals surface area contributed by atoms with Gasteiger partial charge in [0.25, 0.3) is 0 Å². The van der Waals surface area contributed by atoms with Crippen LogP contribution < -0.4 is 4.74 Å². The van der Waals surface area contributed by atoms with E-state index in [1.165, 1.54) is 10.9 Å². The predicted molar refractivity (Wildman–Crippen MR) is 119 cm³/mol. The molecule has 1 amide bonds. The standard InChI is InChI=1S/C24H33N3O4/c1-3-31-24(29)18-8-12-27(13-9-18)23(28)16-26-10-6-17(7-11-26)21-15-25-22-5-4-19(30-2)14-20(21)22/h4-5,14-15,17-18,25H,3,6-13,16H2,1-2H3. The lowest BCUT2D eigenvalue weighted by molar-refractivity contribution is -0.151. The Labute approximate surface area is 183 Å². The van der Waals surface area contributed by atoms with Crippen molar-refractivity contribution in [3.63, 3.8) is 0 Å². The van der Waals surface area contributed by atoms with Gasteiger partial charge in [-0.2, -0.15) is 0 Å². The van der Waals surface area contributed by atoms with Gasteiger partial charge >= 0.3 is 5.97 Å². The maximum absolute atomic E-state index is 12.8. The number of piperidine rings is 2. The van der Waals surface area contributed by atoms with Gasteiger partial charge in [-0.15, -0.1) is 0 Å². The number of amides is 1. The molecule has 0 spiro atoms. The molecular formula is C24H33N3O4. The Hall–Kier alpha value is -2.54. The van der Waals surface area contributed by atoms with Crippen molar-refractivity contribution in [3.05, 3.63) is 30.0 Å². The molecule has 7 nitrogen and oxygen atoms in total. The molecule has 31 heavy (non-hydrogen) atoms. The summed E-state index contributed by atoms with van der Waals surface area (Å²) in [6, 6.07) is 6.15. The summed E-state index contributed by atoms with van der Waals surface area (Å²) >= 11 is 0. The first kappa shape index (κ1) is 21.7. The third-order valence-corrected chi connectivity index (χ3v) is 6.77. The van der Waals surface area contributed by atoms with Gasteiger partial charge in [0.05, 0.1) is 26.2 Å². The molecule has 7 heteroatoms. The normalized spacial score (nSPS) is 19.0. The Kier molecular flexibility index (Phi) is 6.80. The van der Waals surface area contributed by atoms with Gasteiger partial charge in [-0.1, -0.05) is 0 Å². The van der Waals surface area contributed by atoms with Gasteiger partial charge in [0.2, 0.25) is 5.91 Å². The van der Waals surface area contributed by atoms with Crippen molar-refractivity contribution < 1.29 is 19.1 Å². The number of hydrogen-bond donors (Lipinski definition) is 1. The minimum atomic E-state index is -0.119. The highest BCUT2D eigenvalue weighted by Gasteiger charge is 2.30. The van der Waals surface area contributed by atoms with Gasteiger partial charge in [0.1, 0.15) is 5.75 Å². The monoisotopic (exact) mass is 427 g/mol. The van der Waals surface area contributed by atoms with Crippen LogP contribution in [0.4, 0.5) is 0 Å². The number of carbonyl (C=O) groups is 2. The van der Waals surface area contributed by atoms with Crippen molar-refractivity contribution in [3.8, 4) is 5.75 Å². The number of H-pyrrole nitrogens is 1. The smallest absolute Gasteiger partial charge is 0.309 e. The summed E-state index contributed by atoms with van der Waals surface area (Å²) in [7, 11) is 1.70. The highest BCUT2D eigenvalue weighted by Crippen LogP contribution is 2.34. The molecule has 0 bridgehead atoms. The zero-order chi connectivity index (χ0) is 21.8. The first-order chi connectivity index (χ1) is 15.1. The molecule has 1 aromatic heterocycles. The minimum absolute atomic E-state index is 0.0606. The number of hydrogen-bond acceptors (Lipinski definition) is 5. The number of fused-ring (bicyclic) bond motifs is 1. The molecule has 0 aliphatic carbocycles. The Bertz CT molecular complexity index is 909. The lowest BCUT2D eigenvalue weighted by Gasteiger charge is -2.35. The summed E-state index contributed by atoms with van der Waals surface area (Å²) in [4.78, 5) is 32.2. The van der Waals surface area contributed by atoms with Gasteiger partial charge in [0.15, 0.2) is 0 Å². The van der Waals surface area contributed by atoms with Crippen molar-refractivity contribution >= 4 is 22.8 Å². The van der Waals surface area contributed by atoms with Crippen LogP contribution in [0.1, 0.15) is 44.1 Å². The van der Waals surface area contributed by atoms with Gasteiger partial charge in [-0.3, -0.25) is 14.5 Å².